The third-order valence-corrected chi connectivity index (χ3v) is 2.73. The second kappa shape index (κ2) is 1.98. The molecule has 0 N–H and O–H groups in total. The molecule has 3 rings (SSSR count). The molecular weight excluding hydrogens is 110 g/mol. The predicted molar refractivity (Wildman–Crippen MR) is 38.1 cm³/mol. The minimum atomic E-state index is 0.969. The summed E-state index contributed by atoms with van der Waals surface area (Å²) in [6.07, 6.45) is 5.50. The van der Waals surface area contributed by atoms with Gasteiger partial charge >= 0.3 is 0 Å². The zero-order valence-electron chi connectivity index (χ0n) is 5.84. The monoisotopic (exact) mass is 124 g/mol. The van der Waals surface area contributed by atoms with Crippen LogP contribution in [0.3, 0.4) is 0 Å². The minimum Gasteiger partial charge on any atom is -0.297 e. The van der Waals surface area contributed by atoms with Gasteiger partial charge in [-0.2, -0.15) is 0 Å². The van der Waals surface area contributed by atoms with Gasteiger partial charge in [0.15, 0.2) is 0 Å². The van der Waals surface area contributed by atoms with Crippen LogP contribution in [0.25, 0.3) is 0 Å². The fraction of sp³-hybridized carbons (Fsp3) is 0.875. The summed E-state index contributed by atoms with van der Waals surface area (Å²) in [6.45, 7) is 5.11. The zero-order chi connectivity index (χ0) is 6.27. The van der Waals surface area contributed by atoms with Crippen molar-refractivity contribution < 1.29 is 0 Å². The predicted octanol–water partition coefficient (Wildman–Crippen LogP) is 1.45. The Morgan fingerprint density at radius 1 is 1.33 bits per heavy atom. The molecule has 0 aromatic rings. The fourth-order valence-corrected chi connectivity index (χ4v) is 2.24. The molecule has 2 atom stereocenters. The molecule has 2 unspecified atom stereocenters. The Hall–Kier alpha value is -0.0400. The molecule has 2 bridgehead atoms. The van der Waals surface area contributed by atoms with Gasteiger partial charge in [-0.25, -0.2) is 0 Å². The van der Waals surface area contributed by atoms with E-state index in [9.17, 15) is 0 Å². The second-order valence-electron chi connectivity index (χ2n) is 3.21. The Bertz CT molecular complexity index is 97.1. The van der Waals surface area contributed by atoms with Crippen LogP contribution in [0.15, 0.2) is 0 Å². The van der Waals surface area contributed by atoms with Gasteiger partial charge in [-0.15, -0.1) is 0 Å². The summed E-state index contributed by atoms with van der Waals surface area (Å²) in [6, 6.07) is 1.94. The molecule has 1 nitrogen and oxygen atoms in total. The van der Waals surface area contributed by atoms with Gasteiger partial charge in [-0.05, 0) is 32.2 Å². The van der Waals surface area contributed by atoms with Crippen LogP contribution in [0.5, 0.6) is 0 Å². The van der Waals surface area contributed by atoms with Crippen LogP contribution < -0.4 is 0 Å². The Morgan fingerprint density at radius 3 is 2.44 bits per heavy atom. The van der Waals surface area contributed by atoms with Crippen LogP contribution in [-0.4, -0.2) is 23.5 Å². The van der Waals surface area contributed by atoms with Gasteiger partial charge in [-0.3, -0.25) is 4.90 Å². The number of hydrogen-bond donors (Lipinski definition) is 0. The molecule has 1 aliphatic carbocycles. The smallest absolute Gasteiger partial charge is 0.0114 e. The first kappa shape index (κ1) is 5.72. The highest BCUT2D eigenvalue weighted by atomic mass is 15.3. The van der Waals surface area contributed by atoms with Gasteiger partial charge < -0.3 is 0 Å². The maximum Gasteiger partial charge on any atom is 0.0114 e. The summed E-state index contributed by atoms with van der Waals surface area (Å²) in [5.41, 5.74) is 0. The number of fused-ring (bicyclic) bond motifs is 1. The summed E-state index contributed by atoms with van der Waals surface area (Å²) >= 11 is 0. The highest BCUT2D eigenvalue weighted by Crippen LogP contribution is 2.39. The lowest BCUT2D eigenvalue weighted by Gasteiger charge is -2.40. The first-order valence-corrected chi connectivity index (χ1v) is 3.97. The second-order valence-corrected chi connectivity index (χ2v) is 3.21. The van der Waals surface area contributed by atoms with Gasteiger partial charge in [0.05, 0.1) is 0 Å². The number of nitrogens with zero attached hydrogens (tertiary/aromatic N) is 1. The highest BCUT2D eigenvalue weighted by molar-refractivity contribution is 4.99. The average molecular weight is 124 g/mol. The molecule has 2 heterocycles. The van der Waals surface area contributed by atoms with Crippen molar-refractivity contribution in [3.05, 3.63) is 6.92 Å². The van der Waals surface area contributed by atoms with E-state index in [1.54, 1.807) is 0 Å². The maximum absolute atomic E-state index is 3.86. The van der Waals surface area contributed by atoms with Crippen molar-refractivity contribution in [3.63, 3.8) is 0 Å². The van der Waals surface area contributed by atoms with Gasteiger partial charge in [0.25, 0.3) is 0 Å². The lowest BCUT2D eigenvalue weighted by molar-refractivity contribution is 0.0812. The largest absolute Gasteiger partial charge is 0.297 e. The van der Waals surface area contributed by atoms with E-state index >= 15 is 0 Å². The third kappa shape index (κ3) is 0.710. The van der Waals surface area contributed by atoms with Gasteiger partial charge in [0.1, 0.15) is 0 Å². The van der Waals surface area contributed by atoms with Crippen LogP contribution in [0, 0.1) is 6.92 Å². The first-order valence-electron chi connectivity index (χ1n) is 3.97. The quantitative estimate of drug-likeness (QED) is 0.538. The highest BCUT2D eigenvalue weighted by Gasteiger charge is 2.43. The van der Waals surface area contributed by atoms with E-state index in [4.69, 9.17) is 0 Å². The molecular formula is C8H14N. The number of rotatable bonds is 2. The molecule has 1 saturated carbocycles. The van der Waals surface area contributed by atoms with Crippen LogP contribution in [0.1, 0.15) is 25.7 Å². The van der Waals surface area contributed by atoms with E-state index in [-0.39, 0.29) is 0 Å². The molecule has 2 saturated heterocycles. The van der Waals surface area contributed by atoms with E-state index in [1.807, 2.05) is 0 Å². The fourth-order valence-electron chi connectivity index (χ4n) is 2.24. The summed E-state index contributed by atoms with van der Waals surface area (Å²) in [5, 5.41) is 0. The molecule has 0 aromatic carbocycles. The summed E-state index contributed by atoms with van der Waals surface area (Å²) in [7, 11) is 0. The normalized spacial score (nSPS) is 41.0. The van der Waals surface area contributed by atoms with Crippen molar-refractivity contribution in [1.82, 2.24) is 4.90 Å². The van der Waals surface area contributed by atoms with E-state index < -0.39 is 0 Å². The van der Waals surface area contributed by atoms with Crippen molar-refractivity contribution in [2.45, 2.75) is 37.8 Å². The molecule has 2 aliphatic heterocycles. The maximum atomic E-state index is 3.86. The minimum absolute atomic E-state index is 0.969. The standard InChI is InChI=1S/C8H14N/c1-2-5-9-7-3-4-8(9)6-7/h7-8H,1-6H2. The van der Waals surface area contributed by atoms with Crippen LogP contribution in [0.4, 0.5) is 0 Å². The summed E-state index contributed by atoms with van der Waals surface area (Å²) < 4.78 is 0. The van der Waals surface area contributed by atoms with Crippen LogP contribution in [0.2, 0.25) is 0 Å². The van der Waals surface area contributed by atoms with Crippen molar-refractivity contribution in [1.29, 1.82) is 0 Å². The summed E-state index contributed by atoms with van der Waals surface area (Å²) in [5.74, 6) is 0. The zero-order valence-corrected chi connectivity index (χ0v) is 5.84. The molecule has 51 valence electrons. The van der Waals surface area contributed by atoms with E-state index in [0.29, 0.717) is 0 Å². The van der Waals surface area contributed by atoms with Crippen LogP contribution in [-0.2, 0) is 0 Å². The van der Waals surface area contributed by atoms with E-state index in [1.165, 1.54) is 25.8 Å². The van der Waals surface area contributed by atoms with E-state index in [2.05, 4.69) is 11.8 Å². The van der Waals surface area contributed by atoms with E-state index in [0.717, 1.165) is 18.5 Å². The molecule has 1 radical (unpaired) electrons. The Morgan fingerprint density at radius 2 is 2.00 bits per heavy atom. The van der Waals surface area contributed by atoms with Crippen molar-refractivity contribution >= 4 is 0 Å². The Kier molecular flexibility index (Phi) is 1.26. The average Bonchev–Trinajstić information content (AvgIpc) is 2.39. The van der Waals surface area contributed by atoms with Gasteiger partial charge in [-0.1, -0.05) is 6.92 Å². The molecule has 0 aromatic heterocycles. The molecule has 9 heavy (non-hydrogen) atoms. The molecule has 3 aliphatic rings. The number of hydrogen-bond acceptors (Lipinski definition) is 1. The lowest BCUT2D eigenvalue weighted by atomic mass is 10.0. The molecule has 3 fully saturated rings. The molecule has 1 heteroatoms. The Balaban J connectivity index is 1.88. The van der Waals surface area contributed by atoms with Gasteiger partial charge in [0.2, 0.25) is 0 Å². The molecule has 0 amide bonds. The topological polar surface area (TPSA) is 3.24 Å². The van der Waals surface area contributed by atoms with Crippen molar-refractivity contribution in [2.24, 2.45) is 0 Å². The van der Waals surface area contributed by atoms with Gasteiger partial charge in [0, 0.05) is 12.1 Å². The Labute approximate surface area is 57.0 Å². The van der Waals surface area contributed by atoms with Crippen molar-refractivity contribution in [2.75, 3.05) is 6.54 Å². The van der Waals surface area contributed by atoms with Crippen LogP contribution >= 0.6 is 0 Å². The van der Waals surface area contributed by atoms with Crippen molar-refractivity contribution in [3.8, 4) is 0 Å². The first-order chi connectivity index (χ1) is 4.42. The SMILES string of the molecule is [CH2]CCN1C2CCC1C2. The summed E-state index contributed by atoms with van der Waals surface area (Å²) in [4.78, 5) is 2.62. The lowest BCUT2D eigenvalue weighted by Crippen LogP contribution is -2.48. The molecule has 0 spiro atoms. The third-order valence-electron chi connectivity index (χ3n) is 2.73.